The number of hydrogen-bond donors (Lipinski definition) is 1. The van der Waals surface area contributed by atoms with E-state index in [-0.39, 0.29) is 0 Å². The predicted molar refractivity (Wildman–Crippen MR) is 58.8 cm³/mol. The van der Waals surface area contributed by atoms with Crippen molar-refractivity contribution >= 4 is 15.5 Å². The third-order valence-corrected chi connectivity index (χ3v) is 6.23. The lowest BCUT2D eigenvalue weighted by molar-refractivity contribution is 0.575. The van der Waals surface area contributed by atoms with Crippen LogP contribution in [0.25, 0.3) is 0 Å². The molecule has 3 nitrogen and oxygen atoms in total. The fourth-order valence-electron chi connectivity index (χ4n) is 2.30. The highest BCUT2D eigenvalue weighted by Gasteiger charge is 2.57. The highest BCUT2D eigenvalue weighted by atomic mass is 32.2. The van der Waals surface area contributed by atoms with Gasteiger partial charge in [0, 0.05) is 6.54 Å². The second kappa shape index (κ2) is 2.55. The van der Waals surface area contributed by atoms with Gasteiger partial charge in [0.25, 0.3) is 0 Å². The van der Waals surface area contributed by atoms with Crippen molar-refractivity contribution < 1.29 is 8.42 Å². The monoisotopic (exact) mass is 223 g/mol. The Morgan fingerprint density at radius 1 is 1.33 bits per heavy atom. The Morgan fingerprint density at radius 2 is 2.07 bits per heavy atom. The van der Waals surface area contributed by atoms with Gasteiger partial charge in [-0.1, -0.05) is 12.1 Å². The predicted octanol–water partition coefficient (Wildman–Crippen LogP) is 1.73. The van der Waals surface area contributed by atoms with Crippen molar-refractivity contribution in [1.82, 2.24) is 0 Å². The molecule has 2 aliphatic rings. The van der Waals surface area contributed by atoms with E-state index in [0.29, 0.717) is 11.4 Å². The van der Waals surface area contributed by atoms with Crippen LogP contribution in [0.1, 0.15) is 18.4 Å². The molecule has 1 aromatic carbocycles. The summed E-state index contributed by atoms with van der Waals surface area (Å²) < 4.78 is 24.3. The molecule has 1 aliphatic heterocycles. The van der Waals surface area contributed by atoms with E-state index in [9.17, 15) is 8.42 Å². The third kappa shape index (κ3) is 1.03. The third-order valence-electron chi connectivity index (χ3n) is 3.46. The van der Waals surface area contributed by atoms with Gasteiger partial charge in [-0.3, -0.25) is 0 Å². The first kappa shape index (κ1) is 9.21. The first-order valence-electron chi connectivity index (χ1n) is 5.15. The van der Waals surface area contributed by atoms with Crippen LogP contribution in [0.3, 0.4) is 0 Å². The second-order valence-electron chi connectivity index (χ2n) is 4.49. The van der Waals surface area contributed by atoms with Gasteiger partial charge in [0.1, 0.15) is 0 Å². The zero-order valence-electron chi connectivity index (χ0n) is 8.58. The minimum absolute atomic E-state index is 0.480. The lowest BCUT2D eigenvalue weighted by atomic mass is 10.2. The van der Waals surface area contributed by atoms with E-state index in [1.54, 1.807) is 0 Å². The molecule has 0 unspecified atom stereocenters. The van der Waals surface area contributed by atoms with E-state index >= 15 is 0 Å². The second-order valence-corrected chi connectivity index (χ2v) is 6.77. The van der Waals surface area contributed by atoms with Crippen molar-refractivity contribution in [2.75, 3.05) is 11.9 Å². The molecule has 1 N–H and O–H groups in total. The average molecular weight is 223 g/mol. The van der Waals surface area contributed by atoms with Crippen molar-refractivity contribution in [1.29, 1.82) is 0 Å². The van der Waals surface area contributed by atoms with Gasteiger partial charge in [0.05, 0.1) is 15.3 Å². The molecule has 15 heavy (non-hydrogen) atoms. The average Bonchev–Trinajstić information content (AvgIpc) is 2.93. The molecule has 1 aliphatic carbocycles. The number of anilines is 1. The number of sulfone groups is 1. The molecule has 80 valence electrons. The minimum atomic E-state index is -3.10. The van der Waals surface area contributed by atoms with Crippen LogP contribution in [0, 0.1) is 6.92 Å². The molecular formula is C11H13NO2S. The summed E-state index contributed by atoms with van der Waals surface area (Å²) in [4.78, 5) is 0.522. The summed E-state index contributed by atoms with van der Waals surface area (Å²) in [5, 5.41) is 3.23. The van der Waals surface area contributed by atoms with Gasteiger partial charge in [-0.15, -0.1) is 0 Å². The molecule has 0 aromatic heterocycles. The molecule has 0 amide bonds. The maximum absolute atomic E-state index is 12.4. The Hall–Kier alpha value is -1.03. The smallest absolute Gasteiger partial charge is 0.188 e. The number of hydrogen-bond acceptors (Lipinski definition) is 3. The van der Waals surface area contributed by atoms with E-state index in [4.69, 9.17) is 0 Å². The van der Waals surface area contributed by atoms with Crippen LogP contribution in [0.4, 0.5) is 5.69 Å². The lowest BCUT2D eigenvalue weighted by Gasteiger charge is -2.27. The summed E-state index contributed by atoms with van der Waals surface area (Å²) >= 11 is 0. The molecular weight excluding hydrogens is 210 g/mol. The van der Waals surface area contributed by atoms with Crippen molar-refractivity contribution in [2.24, 2.45) is 0 Å². The van der Waals surface area contributed by atoms with Gasteiger partial charge in [0.2, 0.25) is 0 Å². The van der Waals surface area contributed by atoms with Gasteiger partial charge in [-0.25, -0.2) is 8.42 Å². The molecule has 1 aromatic rings. The Kier molecular flexibility index (Phi) is 1.57. The van der Waals surface area contributed by atoms with Crippen LogP contribution in [-0.4, -0.2) is 19.7 Å². The minimum Gasteiger partial charge on any atom is -0.382 e. The number of rotatable bonds is 0. The van der Waals surface area contributed by atoms with Crippen molar-refractivity contribution in [3.63, 3.8) is 0 Å². The fraction of sp³-hybridized carbons (Fsp3) is 0.455. The zero-order chi connectivity index (χ0) is 10.7. The standard InChI is InChI=1S/C11H13NO2S/c1-8-3-2-4-9-10(8)15(13,14)11(5-6-11)7-12-9/h2-4,12H,5-7H2,1H3. The van der Waals surface area contributed by atoms with Crippen LogP contribution in [-0.2, 0) is 9.84 Å². The van der Waals surface area contributed by atoms with Crippen molar-refractivity contribution in [2.45, 2.75) is 29.4 Å². The molecule has 0 bridgehead atoms. The number of aryl methyl sites for hydroxylation is 1. The molecule has 1 heterocycles. The largest absolute Gasteiger partial charge is 0.382 e. The van der Waals surface area contributed by atoms with Crippen LogP contribution in [0.2, 0.25) is 0 Å². The van der Waals surface area contributed by atoms with E-state index < -0.39 is 14.6 Å². The van der Waals surface area contributed by atoms with Gasteiger partial charge >= 0.3 is 0 Å². The normalized spacial score (nSPS) is 24.3. The molecule has 0 atom stereocenters. The summed E-state index contributed by atoms with van der Waals surface area (Å²) in [7, 11) is -3.10. The van der Waals surface area contributed by atoms with Crippen molar-refractivity contribution in [3.8, 4) is 0 Å². The topological polar surface area (TPSA) is 46.2 Å². The quantitative estimate of drug-likeness (QED) is 0.728. The van der Waals surface area contributed by atoms with Crippen LogP contribution in [0.15, 0.2) is 23.1 Å². The van der Waals surface area contributed by atoms with E-state index in [0.717, 1.165) is 24.1 Å². The Bertz CT molecular complexity index is 530. The SMILES string of the molecule is Cc1cccc2c1S(=O)(=O)C1(CC1)CN2. The van der Waals surface area contributed by atoms with Crippen LogP contribution in [0.5, 0.6) is 0 Å². The summed E-state index contributed by atoms with van der Waals surface area (Å²) in [5.74, 6) is 0. The first-order valence-corrected chi connectivity index (χ1v) is 6.63. The van der Waals surface area contributed by atoms with Gasteiger partial charge in [-0.2, -0.15) is 0 Å². The van der Waals surface area contributed by atoms with Crippen LogP contribution < -0.4 is 5.32 Å². The highest BCUT2D eigenvalue weighted by Crippen LogP contribution is 2.51. The Balaban J connectivity index is 2.32. The molecule has 1 spiro atoms. The highest BCUT2D eigenvalue weighted by molar-refractivity contribution is 7.93. The van der Waals surface area contributed by atoms with Gasteiger partial charge in [-0.05, 0) is 31.4 Å². The molecule has 4 heteroatoms. The zero-order valence-corrected chi connectivity index (χ0v) is 9.39. The summed E-state index contributed by atoms with van der Waals surface area (Å²) in [5.41, 5.74) is 1.62. The first-order chi connectivity index (χ1) is 7.07. The molecule has 1 saturated carbocycles. The van der Waals surface area contributed by atoms with Crippen LogP contribution >= 0.6 is 0 Å². The fourth-order valence-corrected chi connectivity index (χ4v) is 4.56. The Morgan fingerprint density at radius 3 is 2.73 bits per heavy atom. The molecule has 0 saturated heterocycles. The van der Waals surface area contributed by atoms with E-state index in [1.165, 1.54) is 0 Å². The number of nitrogens with one attached hydrogen (secondary N) is 1. The van der Waals surface area contributed by atoms with Gasteiger partial charge in [0.15, 0.2) is 9.84 Å². The summed E-state index contributed by atoms with van der Waals surface area (Å²) in [6.07, 6.45) is 1.60. The number of benzene rings is 1. The maximum atomic E-state index is 12.4. The number of fused-ring (bicyclic) bond motifs is 1. The van der Waals surface area contributed by atoms with E-state index in [2.05, 4.69) is 5.32 Å². The van der Waals surface area contributed by atoms with Gasteiger partial charge < -0.3 is 5.32 Å². The summed E-state index contributed by atoms with van der Waals surface area (Å²) in [6, 6.07) is 5.59. The molecule has 0 radical (unpaired) electrons. The molecule has 1 fully saturated rings. The lowest BCUT2D eigenvalue weighted by Crippen LogP contribution is -2.36. The van der Waals surface area contributed by atoms with E-state index in [1.807, 2.05) is 25.1 Å². The Labute approximate surface area is 89.4 Å². The maximum Gasteiger partial charge on any atom is 0.188 e. The summed E-state index contributed by atoms with van der Waals surface area (Å²) in [6.45, 7) is 2.44. The van der Waals surface area contributed by atoms with Crippen molar-refractivity contribution in [3.05, 3.63) is 23.8 Å². The molecule has 3 rings (SSSR count).